The van der Waals surface area contributed by atoms with Gasteiger partial charge in [0.25, 0.3) is 0 Å². The maximum atomic E-state index is 12.2. The molecule has 122 valence electrons. The van der Waals surface area contributed by atoms with Gasteiger partial charge in [-0.05, 0) is 55.2 Å². The molecule has 0 saturated carbocycles. The van der Waals surface area contributed by atoms with Gasteiger partial charge in [0.1, 0.15) is 5.75 Å². The van der Waals surface area contributed by atoms with Crippen LogP contribution in [0.25, 0.3) is 0 Å². The van der Waals surface area contributed by atoms with E-state index in [2.05, 4.69) is 4.98 Å². The van der Waals surface area contributed by atoms with Gasteiger partial charge in [0.05, 0.1) is 6.61 Å². The summed E-state index contributed by atoms with van der Waals surface area (Å²) in [5, 5.41) is 0. The number of benzene rings is 1. The van der Waals surface area contributed by atoms with Crippen molar-refractivity contribution in [2.75, 3.05) is 20.2 Å². The first-order valence-corrected chi connectivity index (χ1v) is 8.03. The van der Waals surface area contributed by atoms with Crippen LogP contribution < -0.4 is 4.74 Å². The molecule has 0 radical (unpaired) electrons. The van der Waals surface area contributed by atoms with Gasteiger partial charge in [0, 0.05) is 32.4 Å². The number of amides is 1. The molecular weight excluding hydrogens is 288 g/mol. The summed E-state index contributed by atoms with van der Waals surface area (Å²) in [5.41, 5.74) is 2.36. The number of nitrogens with zero attached hydrogens (tertiary/aromatic N) is 2. The third-order valence-electron chi connectivity index (χ3n) is 3.77. The molecule has 1 amide bonds. The first-order chi connectivity index (χ1) is 11.2. The molecule has 2 aromatic rings. The Bertz CT molecular complexity index is 597. The fourth-order valence-electron chi connectivity index (χ4n) is 2.33. The number of rotatable bonds is 8. The Kier molecular flexibility index (Phi) is 6.60. The molecule has 4 nitrogen and oxygen atoms in total. The molecule has 0 fully saturated rings. The maximum absolute atomic E-state index is 12.2. The lowest BCUT2D eigenvalue weighted by Gasteiger charge is -2.17. The highest BCUT2D eigenvalue weighted by molar-refractivity contribution is 5.76. The zero-order valence-electron chi connectivity index (χ0n) is 13.9. The lowest BCUT2D eigenvalue weighted by molar-refractivity contribution is -0.129. The van der Waals surface area contributed by atoms with Crippen molar-refractivity contribution in [3.63, 3.8) is 0 Å². The Balaban J connectivity index is 1.75. The highest BCUT2D eigenvalue weighted by Crippen LogP contribution is 2.13. The van der Waals surface area contributed by atoms with Gasteiger partial charge < -0.3 is 9.64 Å². The number of aromatic nitrogens is 1. The van der Waals surface area contributed by atoms with Crippen molar-refractivity contribution in [3.05, 3.63) is 59.9 Å². The van der Waals surface area contributed by atoms with Crippen molar-refractivity contribution in [2.45, 2.75) is 26.2 Å². The predicted molar refractivity (Wildman–Crippen MR) is 91.5 cm³/mol. The molecular formula is C19H24N2O2. The molecule has 1 aromatic carbocycles. The molecule has 0 aliphatic carbocycles. The Morgan fingerprint density at radius 3 is 2.35 bits per heavy atom. The van der Waals surface area contributed by atoms with Gasteiger partial charge in [0.2, 0.25) is 5.91 Å². The van der Waals surface area contributed by atoms with E-state index in [0.29, 0.717) is 13.0 Å². The third kappa shape index (κ3) is 5.74. The fraction of sp³-hybridized carbons (Fsp3) is 0.368. The first kappa shape index (κ1) is 17.0. The van der Waals surface area contributed by atoms with Crippen molar-refractivity contribution in [3.8, 4) is 5.75 Å². The summed E-state index contributed by atoms with van der Waals surface area (Å²) in [7, 11) is 1.86. The number of ether oxygens (including phenoxy) is 1. The molecule has 1 heterocycles. The molecule has 0 unspecified atom stereocenters. The van der Waals surface area contributed by atoms with Crippen LogP contribution in [0.3, 0.4) is 0 Å². The van der Waals surface area contributed by atoms with Crippen molar-refractivity contribution < 1.29 is 9.53 Å². The van der Waals surface area contributed by atoms with Crippen LogP contribution in [-0.4, -0.2) is 36.0 Å². The second kappa shape index (κ2) is 8.93. The molecule has 23 heavy (non-hydrogen) atoms. The van der Waals surface area contributed by atoms with E-state index >= 15 is 0 Å². The molecule has 0 spiro atoms. The Morgan fingerprint density at radius 2 is 1.70 bits per heavy atom. The minimum Gasteiger partial charge on any atom is -0.494 e. The molecule has 0 aliphatic heterocycles. The Labute approximate surface area is 138 Å². The number of aryl methyl sites for hydroxylation is 1. The van der Waals surface area contributed by atoms with Crippen molar-refractivity contribution in [2.24, 2.45) is 0 Å². The van der Waals surface area contributed by atoms with Crippen molar-refractivity contribution >= 4 is 5.91 Å². The van der Waals surface area contributed by atoms with Crippen LogP contribution in [-0.2, 0) is 17.6 Å². The Morgan fingerprint density at radius 1 is 1.04 bits per heavy atom. The lowest BCUT2D eigenvalue weighted by Crippen LogP contribution is -2.29. The largest absolute Gasteiger partial charge is 0.494 e. The SMILES string of the molecule is CCOc1ccc(CCC(=O)N(C)CCc2ccncc2)cc1. The topological polar surface area (TPSA) is 42.4 Å². The summed E-state index contributed by atoms with van der Waals surface area (Å²) in [6, 6.07) is 11.9. The zero-order chi connectivity index (χ0) is 16.5. The number of likely N-dealkylation sites (N-methyl/N-ethyl adjacent to an activating group) is 1. The van der Waals surface area contributed by atoms with Crippen molar-refractivity contribution in [1.82, 2.24) is 9.88 Å². The van der Waals surface area contributed by atoms with E-state index in [-0.39, 0.29) is 5.91 Å². The molecule has 2 rings (SSSR count). The number of carbonyl (C=O) groups excluding carboxylic acids is 1. The first-order valence-electron chi connectivity index (χ1n) is 8.03. The molecule has 0 atom stereocenters. The highest BCUT2D eigenvalue weighted by atomic mass is 16.5. The van der Waals surface area contributed by atoms with Crippen molar-refractivity contribution in [1.29, 1.82) is 0 Å². The van der Waals surface area contributed by atoms with Gasteiger partial charge >= 0.3 is 0 Å². The molecule has 1 aromatic heterocycles. The number of hydrogen-bond donors (Lipinski definition) is 0. The number of carbonyl (C=O) groups is 1. The standard InChI is InChI=1S/C19H24N2O2/c1-3-23-18-7-4-16(5-8-18)6-9-19(22)21(2)15-12-17-10-13-20-14-11-17/h4-5,7-8,10-11,13-14H,3,6,9,12,15H2,1-2H3. The number of pyridine rings is 1. The minimum atomic E-state index is 0.174. The fourth-order valence-corrected chi connectivity index (χ4v) is 2.33. The molecule has 0 N–H and O–H groups in total. The molecule has 0 saturated heterocycles. The molecule has 4 heteroatoms. The smallest absolute Gasteiger partial charge is 0.222 e. The van der Waals surface area contributed by atoms with Gasteiger partial charge in [-0.25, -0.2) is 0 Å². The zero-order valence-corrected chi connectivity index (χ0v) is 13.9. The minimum absolute atomic E-state index is 0.174. The average Bonchev–Trinajstić information content (AvgIpc) is 2.60. The van der Waals surface area contributed by atoms with Crippen LogP contribution in [0.4, 0.5) is 0 Å². The average molecular weight is 312 g/mol. The third-order valence-corrected chi connectivity index (χ3v) is 3.77. The maximum Gasteiger partial charge on any atom is 0.222 e. The van der Waals surface area contributed by atoms with Crippen LogP contribution in [0.15, 0.2) is 48.8 Å². The summed E-state index contributed by atoms with van der Waals surface area (Å²) >= 11 is 0. The Hall–Kier alpha value is -2.36. The van der Waals surface area contributed by atoms with E-state index in [9.17, 15) is 4.79 Å². The van der Waals surface area contributed by atoms with E-state index in [4.69, 9.17) is 4.74 Å². The summed E-state index contributed by atoms with van der Waals surface area (Å²) in [6.45, 7) is 3.36. The van der Waals surface area contributed by atoms with Crippen LogP contribution in [0.1, 0.15) is 24.5 Å². The molecule has 0 aliphatic rings. The summed E-state index contributed by atoms with van der Waals surface area (Å²) in [5.74, 6) is 1.05. The van der Waals surface area contributed by atoms with Crippen LogP contribution in [0, 0.1) is 0 Å². The van der Waals surface area contributed by atoms with Gasteiger partial charge in [0.15, 0.2) is 0 Å². The highest BCUT2D eigenvalue weighted by Gasteiger charge is 2.09. The number of hydrogen-bond acceptors (Lipinski definition) is 3. The monoisotopic (exact) mass is 312 g/mol. The normalized spacial score (nSPS) is 10.3. The van der Waals surface area contributed by atoms with E-state index in [1.165, 1.54) is 5.56 Å². The van der Waals surface area contributed by atoms with Gasteiger partial charge in [-0.1, -0.05) is 12.1 Å². The van der Waals surface area contributed by atoms with Crippen LogP contribution in [0.2, 0.25) is 0 Å². The van der Waals surface area contributed by atoms with E-state index < -0.39 is 0 Å². The summed E-state index contributed by atoms with van der Waals surface area (Å²) in [4.78, 5) is 18.0. The van der Waals surface area contributed by atoms with E-state index in [0.717, 1.165) is 30.7 Å². The van der Waals surface area contributed by atoms with E-state index in [1.807, 2.05) is 50.4 Å². The molecule has 0 bridgehead atoms. The van der Waals surface area contributed by atoms with Crippen LogP contribution >= 0.6 is 0 Å². The van der Waals surface area contributed by atoms with Gasteiger partial charge in [-0.15, -0.1) is 0 Å². The van der Waals surface area contributed by atoms with Gasteiger partial charge in [-0.2, -0.15) is 0 Å². The van der Waals surface area contributed by atoms with E-state index in [1.54, 1.807) is 17.3 Å². The second-order valence-electron chi connectivity index (χ2n) is 5.50. The lowest BCUT2D eigenvalue weighted by atomic mass is 10.1. The quantitative estimate of drug-likeness (QED) is 0.752. The van der Waals surface area contributed by atoms with Crippen LogP contribution in [0.5, 0.6) is 5.75 Å². The van der Waals surface area contributed by atoms with Gasteiger partial charge in [-0.3, -0.25) is 9.78 Å². The summed E-state index contributed by atoms with van der Waals surface area (Å²) in [6.07, 6.45) is 5.70. The summed E-state index contributed by atoms with van der Waals surface area (Å²) < 4.78 is 5.42. The second-order valence-corrected chi connectivity index (χ2v) is 5.50. The predicted octanol–water partition coefficient (Wildman–Crippen LogP) is 3.11.